The Hall–Kier alpha value is -3.16. The Labute approximate surface area is 159 Å². The van der Waals surface area contributed by atoms with Gasteiger partial charge in [0.25, 0.3) is 11.8 Å². The molecule has 5 nitrogen and oxygen atoms in total. The summed E-state index contributed by atoms with van der Waals surface area (Å²) in [4.78, 5) is 37.7. The summed E-state index contributed by atoms with van der Waals surface area (Å²) in [5, 5.41) is 2.51. The van der Waals surface area contributed by atoms with E-state index in [1.165, 1.54) is 12.1 Å². The maximum absolute atomic E-state index is 12.7. The number of nitrogens with zero attached hydrogens (tertiary/aromatic N) is 1. The van der Waals surface area contributed by atoms with Gasteiger partial charge in [-0.3, -0.25) is 19.3 Å². The van der Waals surface area contributed by atoms with Gasteiger partial charge in [-0.25, -0.2) is 0 Å². The van der Waals surface area contributed by atoms with E-state index in [0.717, 1.165) is 22.6 Å². The zero-order valence-corrected chi connectivity index (χ0v) is 15.0. The van der Waals surface area contributed by atoms with Crippen molar-refractivity contribution >= 4 is 17.7 Å². The van der Waals surface area contributed by atoms with E-state index < -0.39 is 29.5 Å². The number of hydrogen-bond donors (Lipinski definition) is 1. The Morgan fingerprint density at radius 3 is 2.46 bits per heavy atom. The maximum Gasteiger partial charge on any atom is 0.416 e. The number of fused-ring (bicyclic) bond motifs is 1. The highest BCUT2D eigenvalue weighted by molar-refractivity contribution is 6.21. The number of amides is 3. The second-order valence-electron chi connectivity index (χ2n) is 6.54. The first-order valence-corrected chi connectivity index (χ1v) is 8.56. The highest BCUT2D eigenvalue weighted by atomic mass is 19.4. The second-order valence-corrected chi connectivity index (χ2v) is 6.54. The van der Waals surface area contributed by atoms with Gasteiger partial charge in [0.2, 0.25) is 5.91 Å². The molecule has 0 saturated carbocycles. The van der Waals surface area contributed by atoms with E-state index in [1.807, 2.05) is 6.92 Å². The highest BCUT2D eigenvalue weighted by Crippen LogP contribution is 2.29. The van der Waals surface area contributed by atoms with Crippen LogP contribution in [0.3, 0.4) is 0 Å². The molecule has 1 aliphatic rings. The van der Waals surface area contributed by atoms with Crippen LogP contribution in [0.15, 0.2) is 42.5 Å². The van der Waals surface area contributed by atoms with Crippen LogP contribution in [0.4, 0.5) is 13.2 Å². The number of halogens is 3. The van der Waals surface area contributed by atoms with Crippen LogP contribution in [0, 0.1) is 6.92 Å². The number of carbonyl (C=O) groups is 3. The van der Waals surface area contributed by atoms with Crippen molar-refractivity contribution in [3.63, 3.8) is 0 Å². The maximum atomic E-state index is 12.7. The molecule has 0 saturated heterocycles. The van der Waals surface area contributed by atoms with Crippen LogP contribution in [-0.2, 0) is 17.5 Å². The number of rotatable bonds is 5. The third kappa shape index (κ3) is 4.05. The topological polar surface area (TPSA) is 66.5 Å². The van der Waals surface area contributed by atoms with Gasteiger partial charge in [-0.2, -0.15) is 13.2 Å². The molecular formula is C20H17F3N2O3. The van der Waals surface area contributed by atoms with Crippen molar-refractivity contribution in [1.29, 1.82) is 0 Å². The van der Waals surface area contributed by atoms with Crippen molar-refractivity contribution in [3.05, 3.63) is 70.3 Å². The number of imide groups is 1. The van der Waals surface area contributed by atoms with E-state index >= 15 is 0 Å². The Morgan fingerprint density at radius 1 is 1.04 bits per heavy atom. The van der Waals surface area contributed by atoms with Crippen molar-refractivity contribution in [1.82, 2.24) is 10.2 Å². The minimum absolute atomic E-state index is 0.0793. The summed E-state index contributed by atoms with van der Waals surface area (Å²) in [7, 11) is 0. The first-order chi connectivity index (χ1) is 13.2. The number of nitrogens with one attached hydrogen (secondary N) is 1. The predicted molar refractivity (Wildman–Crippen MR) is 94.5 cm³/mol. The standard InChI is InChI=1S/C20H17F3N2O3/c1-12-5-6-15-16(9-12)19(28)25(18(15)27)8-7-17(26)24-11-13-3-2-4-14(10-13)20(21,22)23/h2-6,9-10H,7-8,11H2,1H3,(H,24,26). The lowest BCUT2D eigenvalue weighted by atomic mass is 10.1. The number of hydrogen-bond acceptors (Lipinski definition) is 3. The lowest BCUT2D eigenvalue weighted by Crippen LogP contribution is -2.34. The van der Waals surface area contributed by atoms with Gasteiger partial charge in [0.15, 0.2) is 0 Å². The molecule has 1 heterocycles. The van der Waals surface area contributed by atoms with Crippen LogP contribution in [0.5, 0.6) is 0 Å². The molecule has 1 N–H and O–H groups in total. The fourth-order valence-electron chi connectivity index (χ4n) is 2.97. The minimum Gasteiger partial charge on any atom is -0.352 e. The molecule has 0 aliphatic carbocycles. The largest absolute Gasteiger partial charge is 0.416 e. The minimum atomic E-state index is -4.45. The SMILES string of the molecule is Cc1ccc2c(c1)C(=O)N(CCC(=O)NCc1cccc(C(F)(F)F)c1)C2=O. The van der Waals surface area contributed by atoms with Crippen LogP contribution >= 0.6 is 0 Å². The zero-order chi connectivity index (χ0) is 20.5. The van der Waals surface area contributed by atoms with Crippen molar-refractivity contribution in [2.75, 3.05) is 6.54 Å². The van der Waals surface area contributed by atoms with Crippen LogP contribution < -0.4 is 5.32 Å². The van der Waals surface area contributed by atoms with Gasteiger partial charge in [-0.05, 0) is 36.8 Å². The third-order valence-corrected chi connectivity index (χ3v) is 4.43. The molecule has 2 aromatic rings. The third-order valence-electron chi connectivity index (χ3n) is 4.43. The first-order valence-electron chi connectivity index (χ1n) is 8.56. The van der Waals surface area contributed by atoms with Gasteiger partial charge in [0.1, 0.15) is 0 Å². The summed E-state index contributed by atoms with van der Waals surface area (Å²) >= 11 is 0. The smallest absolute Gasteiger partial charge is 0.352 e. The molecule has 2 aromatic carbocycles. The Balaban J connectivity index is 1.56. The molecule has 0 unspecified atom stereocenters. The van der Waals surface area contributed by atoms with Crippen molar-refractivity contribution in [2.45, 2.75) is 26.1 Å². The summed E-state index contributed by atoms with van der Waals surface area (Å²) in [6.45, 7) is 1.63. The molecule has 0 bridgehead atoms. The van der Waals surface area contributed by atoms with Gasteiger partial charge in [0.05, 0.1) is 16.7 Å². The van der Waals surface area contributed by atoms with E-state index in [-0.39, 0.29) is 19.5 Å². The van der Waals surface area contributed by atoms with Crippen molar-refractivity contribution in [3.8, 4) is 0 Å². The summed E-state index contributed by atoms with van der Waals surface area (Å²) < 4.78 is 38.1. The van der Waals surface area contributed by atoms with E-state index in [1.54, 1.807) is 18.2 Å². The van der Waals surface area contributed by atoms with Gasteiger partial charge >= 0.3 is 6.18 Å². The summed E-state index contributed by atoms with van der Waals surface area (Å²) in [5.74, 6) is -1.37. The van der Waals surface area contributed by atoms with Crippen molar-refractivity contribution in [2.24, 2.45) is 0 Å². The Bertz CT molecular complexity index is 954. The van der Waals surface area contributed by atoms with Crippen molar-refractivity contribution < 1.29 is 27.6 Å². The molecule has 0 spiro atoms. The van der Waals surface area contributed by atoms with Gasteiger partial charge in [-0.1, -0.05) is 23.8 Å². The molecule has 0 aromatic heterocycles. The molecule has 0 atom stereocenters. The van der Waals surface area contributed by atoms with Crippen LogP contribution in [-0.4, -0.2) is 29.2 Å². The molecule has 28 heavy (non-hydrogen) atoms. The molecule has 0 radical (unpaired) electrons. The average Bonchev–Trinajstić information content (AvgIpc) is 2.88. The fourth-order valence-corrected chi connectivity index (χ4v) is 2.97. The molecule has 8 heteroatoms. The number of carbonyl (C=O) groups excluding carboxylic acids is 3. The number of aryl methyl sites for hydroxylation is 1. The average molecular weight is 390 g/mol. The van der Waals surface area contributed by atoms with Crippen LogP contribution in [0.2, 0.25) is 0 Å². The van der Waals surface area contributed by atoms with E-state index in [2.05, 4.69) is 5.32 Å². The number of alkyl halides is 3. The lowest BCUT2D eigenvalue weighted by Gasteiger charge is -2.14. The van der Waals surface area contributed by atoms with Crippen LogP contribution in [0.25, 0.3) is 0 Å². The fraction of sp³-hybridized carbons (Fsp3) is 0.250. The first kappa shape index (κ1) is 19.6. The Kier molecular flexibility index (Phi) is 5.22. The van der Waals surface area contributed by atoms with E-state index in [4.69, 9.17) is 0 Å². The van der Waals surface area contributed by atoms with E-state index in [9.17, 15) is 27.6 Å². The normalized spacial score (nSPS) is 13.6. The molecule has 0 fully saturated rings. The van der Waals surface area contributed by atoms with E-state index in [0.29, 0.717) is 16.7 Å². The summed E-state index contributed by atoms with van der Waals surface area (Å²) in [6.07, 6.45) is -4.59. The molecule has 3 rings (SSSR count). The zero-order valence-electron chi connectivity index (χ0n) is 15.0. The van der Waals surface area contributed by atoms with Gasteiger partial charge in [-0.15, -0.1) is 0 Å². The van der Waals surface area contributed by atoms with Crippen LogP contribution in [0.1, 0.15) is 43.8 Å². The summed E-state index contributed by atoms with van der Waals surface area (Å²) in [5.41, 5.74) is 0.981. The quantitative estimate of drug-likeness (QED) is 0.797. The Morgan fingerprint density at radius 2 is 1.75 bits per heavy atom. The highest BCUT2D eigenvalue weighted by Gasteiger charge is 2.35. The lowest BCUT2D eigenvalue weighted by molar-refractivity contribution is -0.137. The predicted octanol–water partition coefficient (Wildman–Crippen LogP) is 3.32. The number of benzene rings is 2. The molecule has 3 amide bonds. The molecule has 146 valence electrons. The second kappa shape index (κ2) is 7.46. The molecule has 1 aliphatic heterocycles. The van der Waals surface area contributed by atoms with Gasteiger partial charge in [0, 0.05) is 19.5 Å². The molecular weight excluding hydrogens is 373 g/mol. The monoisotopic (exact) mass is 390 g/mol. The summed E-state index contributed by atoms with van der Waals surface area (Å²) in [6, 6.07) is 9.60. The van der Waals surface area contributed by atoms with Gasteiger partial charge < -0.3 is 5.32 Å².